The maximum Gasteiger partial charge on any atom is 0.309 e. The minimum absolute atomic E-state index is 0. The zero-order chi connectivity index (χ0) is 22.1. The summed E-state index contributed by atoms with van der Waals surface area (Å²) >= 11 is 0. The molecule has 1 aromatic rings. The lowest BCUT2D eigenvalue weighted by Gasteiger charge is -2.33. The van der Waals surface area contributed by atoms with Gasteiger partial charge in [0.25, 0.3) is 0 Å². The van der Waals surface area contributed by atoms with Crippen LogP contribution in [0.15, 0.2) is 29.3 Å². The van der Waals surface area contributed by atoms with Gasteiger partial charge in [-0.15, -0.1) is 24.0 Å². The number of nitrogens with zero attached hydrogens (tertiary/aromatic N) is 2. The van der Waals surface area contributed by atoms with Crippen molar-refractivity contribution in [2.24, 2.45) is 16.8 Å². The number of hydrogen-bond acceptors (Lipinski definition) is 4. The number of piperidine rings is 1. The van der Waals surface area contributed by atoms with Crippen LogP contribution in [0.5, 0.6) is 0 Å². The summed E-state index contributed by atoms with van der Waals surface area (Å²) in [4.78, 5) is 31.1. The van der Waals surface area contributed by atoms with Crippen LogP contribution in [0.25, 0.3) is 0 Å². The van der Waals surface area contributed by atoms with E-state index in [1.807, 2.05) is 31.2 Å². The first kappa shape index (κ1) is 26.4. The third-order valence-corrected chi connectivity index (χ3v) is 6.25. The molecule has 178 valence electrons. The van der Waals surface area contributed by atoms with Crippen LogP contribution in [0.1, 0.15) is 57.4 Å². The molecule has 0 bridgehead atoms. The van der Waals surface area contributed by atoms with Crippen LogP contribution in [0.2, 0.25) is 0 Å². The summed E-state index contributed by atoms with van der Waals surface area (Å²) in [6.45, 7) is 4.45. The summed E-state index contributed by atoms with van der Waals surface area (Å²) < 4.78 is 5.15. The Balaban J connectivity index is 0.00000363. The number of ether oxygens (including phenoxy) is 1. The molecule has 2 fully saturated rings. The van der Waals surface area contributed by atoms with Gasteiger partial charge < -0.3 is 20.3 Å². The van der Waals surface area contributed by atoms with E-state index >= 15 is 0 Å². The molecule has 0 atom stereocenters. The van der Waals surface area contributed by atoms with Crippen molar-refractivity contribution in [3.63, 3.8) is 0 Å². The molecular weight excluding hydrogens is 519 g/mol. The van der Waals surface area contributed by atoms with Gasteiger partial charge in [0.2, 0.25) is 5.91 Å². The van der Waals surface area contributed by atoms with Crippen LogP contribution in [0, 0.1) is 11.8 Å². The van der Waals surface area contributed by atoms with Crippen LogP contribution in [-0.4, -0.2) is 49.5 Å². The molecule has 1 aliphatic heterocycles. The van der Waals surface area contributed by atoms with Crippen molar-refractivity contribution in [3.8, 4) is 0 Å². The number of benzene rings is 1. The monoisotopic (exact) mass is 556 g/mol. The first-order valence-corrected chi connectivity index (χ1v) is 11.6. The molecule has 0 aromatic heterocycles. The normalized spacial score (nSPS) is 17.9. The molecule has 1 aliphatic carbocycles. The van der Waals surface area contributed by atoms with Crippen LogP contribution in [-0.2, 0) is 20.9 Å². The molecule has 1 heterocycles. The Hall–Kier alpha value is -1.84. The van der Waals surface area contributed by atoms with Crippen molar-refractivity contribution in [1.29, 1.82) is 0 Å². The molecule has 0 unspecified atom stereocenters. The maximum atomic E-state index is 12.5. The minimum atomic E-state index is -0.0859. The number of carbonyl (C=O) groups is 2. The van der Waals surface area contributed by atoms with Gasteiger partial charge in [-0.25, -0.2) is 0 Å². The number of likely N-dealkylation sites (tertiary alicyclic amines) is 1. The average molecular weight is 556 g/mol. The zero-order valence-electron chi connectivity index (χ0n) is 19.3. The summed E-state index contributed by atoms with van der Waals surface area (Å²) in [5.74, 6) is 1.02. The molecule has 0 spiro atoms. The number of nitrogens with one attached hydrogen (secondary N) is 2. The van der Waals surface area contributed by atoms with Crippen LogP contribution < -0.4 is 10.6 Å². The Morgan fingerprint density at radius 3 is 2.47 bits per heavy atom. The van der Waals surface area contributed by atoms with Crippen LogP contribution >= 0.6 is 24.0 Å². The van der Waals surface area contributed by atoms with E-state index in [0.717, 1.165) is 68.8 Å². The van der Waals surface area contributed by atoms with E-state index in [-0.39, 0.29) is 47.7 Å². The van der Waals surface area contributed by atoms with Gasteiger partial charge in [0.15, 0.2) is 5.96 Å². The molecular formula is C24H37IN4O3. The van der Waals surface area contributed by atoms with E-state index in [1.165, 1.54) is 6.42 Å². The van der Waals surface area contributed by atoms with Crippen molar-refractivity contribution >= 4 is 47.5 Å². The maximum absolute atomic E-state index is 12.5. The molecule has 0 radical (unpaired) electrons. The highest BCUT2D eigenvalue weighted by atomic mass is 127. The number of carbonyl (C=O) groups excluding carboxylic acids is 2. The Labute approximate surface area is 208 Å². The van der Waals surface area contributed by atoms with Crippen LogP contribution in [0.4, 0.5) is 5.69 Å². The quantitative estimate of drug-likeness (QED) is 0.238. The SMILES string of the molecule is CCOC(=O)C1CCN(C(=NC)NCc2cccc(NC(=O)C3CCCCC3)c2)CC1.I. The molecule has 1 saturated carbocycles. The van der Waals surface area contributed by atoms with E-state index in [0.29, 0.717) is 13.2 Å². The van der Waals surface area contributed by atoms with E-state index in [4.69, 9.17) is 4.74 Å². The molecule has 1 saturated heterocycles. The van der Waals surface area contributed by atoms with Gasteiger partial charge >= 0.3 is 5.97 Å². The molecule has 3 rings (SSSR count). The number of esters is 1. The summed E-state index contributed by atoms with van der Waals surface area (Å²) in [5, 5.41) is 6.51. The second-order valence-corrected chi connectivity index (χ2v) is 8.44. The Bertz CT molecular complexity index is 772. The topological polar surface area (TPSA) is 83.0 Å². The zero-order valence-corrected chi connectivity index (χ0v) is 21.6. The smallest absolute Gasteiger partial charge is 0.309 e. The van der Waals surface area contributed by atoms with E-state index in [2.05, 4.69) is 20.5 Å². The fourth-order valence-electron chi connectivity index (χ4n) is 4.47. The Morgan fingerprint density at radius 1 is 1.09 bits per heavy atom. The predicted octanol–water partition coefficient (Wildman–Crippen LogP) is 4.17. The number of guanidine groups is 1. The van der Waals surface area contributed by atoms with Gasteiger partial charge in [-0.3, -0.25) is 14.6 Å². The van der Waals surface area contributed by atoms with Gasteiger partial charge in [0, 0.05) is 38.3 Å². The van der Waals surface area contributed by atoms with Crippen molar-refractivity contribution < 1.29 is 14.3 Å². The molecule has 8 heteroatoms. The van der Waals surface area contributed by atoms with Crippen molar-refractivity contribution in [1.82, 2.24) is 10.2 Å². The third kappa shape index (κ3) is 7.64. The first-order valence-electron chi connectivity index (χ1n) is 11.6. The highest BCUT2D eigenvalue weighted by molar-refractivity contribution is 14.0. The molecule has 32 heavy (non-hydrogen) atoms. The third-order valence-electron chi connectivity index (χ3n) is 6.25. The van der Waals surface area contributed by atoms with E-state index in [9.17, 15) is 9.59 Å². The fourth-order valence-corrected chi connectivity index (χ4v) is 4.47. The number of hydrogen-bond donors (Lipinski definition) is 2. The lowest BCUT2D eigenvalue weighted by atomic mass is 9.88. The number of amides is 1. The molecule has 1 aromatic carbocycles. The number of rotatable bonds is 6. The average Bonchev–Trinajstić information content (AvgIpc) is 2.81. The van der Waals surface area contributed by atoms with E-state index < -0.39 is 0 Å². The second kappa shape index (κ2) is 13.6. The molecule has 7 nitrogen and oxygen atoms in total. The van der Waals surface area contributed by atoms with Gasteiger partial charge in [-0.1, -0.05) is 31.4 Å². The predicted molar refractivity (Wildman–Crippen MR) is 138 cm³/mol. The second-order valence-electron chi connectivity index (χ2n) is 8.44. The fraction of sp³-hybridized carbons (Fsp3) is 0.625. The highest BCUT2D eigenvalue weighted by Gasteiger charge is 2.27. The van der Waals surface area contributed by atoms with Crippen molar-refractivity contribution in [3.05, 3.63) is 29.8 Å². The minimum Gasteiger partial charge on any atom is -0.466 e. The summed E-state index contributed by atoms with van der Waals surface area (Å²) in [5.41, 5.74) is 1.93. The molecule has 2 aliphatic rings. The number of anilines is 1. The Morgan fingerprint density at radius 2 is 1.81 bits per heavy atom. The molecule has 2 N–H and O–H groups in total. The van der Waals surface area contributed by atoms with Gasteiger partial charge in [-0.05, 0) is 50.3 Å². The largest absolute Gasteiger partial charge is 0.466 e. The highest BCUT2D eigenvalue weighted by Crippen LogP contribution is 2.25. The van der Waals surface area contributed by atoms with Crippen molar-refractivity contribution in [2.75, 3.05) is 32.1 Å². The van der Waals surface area contributed by atoms with Gasteiger partial charge in [-0.2, -0.15) is 0 Å². The van der Waals surface area contributed by atoms with Crippen LogP contribution in [0.3, 0.4) is 0 Å². The lowest BCUT2D eigenvalue weighted by Crippen LogP contribution is -2.46. The standard InChI is InChI=1S/C24H36N4O3.HI/c1-3-31-23(30)20-12-14-28(15-13-20)24(25-2)26-17-18-8-7-11-21(16-18)27-22(29)19-9-5-4-6-10-19;/h7-8,11,16,19-20H,3-6,9-10,12-15,17H2,1-2H3,(H,25,26)(H,27,29);1H. The number of aliphatic imine (C=N–C) groups is 1. The summed E-state index contributed by atoms with van der Waals surface area (Å²) in [6.07, 6.45) is 7.10. The number of halogens is 1. The van der Waals surface area contributed by atoms with Gasteiger partial charge in [0.1, 0.15) is 0 Å². The molecule has 1 amide bonds. The lowest BCUT2D eigenvalue weighted by molar-refractivity contribution is -0.149. The first-order chi connectivity index (χ1) is 15.1. The summed E-state index contributed by atoms with van der Waals surface area (Å²) in [7, 11) is 1.78. The van der Waals surface area contributed by atoms with Gasteiger partial charge in [0.05, 0.1) is 12.5 Å². The van der Waals surface area contributed by atoms with E-state index in [1.54, 1.807) is 7.05 Å². The summed E-state index contributed by atoms with van der Waals surface area (Å²) in [6, 6.07) is 7.98. The van der Waals surface area contributed by atoms with Crippen molar-refractivity contribution in [2.45, 2.75) is 58.4 Å². The Kier molecular flexibility index (Phi) is 11.3.